The highest BCUT2D eigenvalue weighted by Gasteiger charge is 2.11. The second-order valence-corrected chi connectivity index (χ2v) is 3.28. The van der Waals surface area contributed by atoms with Crippen LogP contribution in [0, 0.1) is 26.2 Å². The molecule has 74 valence electrons. The Morgan fingerprint density at radius 1 is 1.50 bits per heavy atom. The van der Waals surface area contributed by atoms with E-state index < -0.39 is 0 Å². The van der Waals surface area contributed by atoms with E-state index in [1.165, 1.54) is 0 Å². The summed E-state index contributed by atoms with van der Waals surface area (Å²) in [5, 5.41) is 11.2. The van der Waals surface area contributed by atoms with Gasteiger partial charge in [-0.25, -0.2) is 0 Å². The molecule has 1 aromatic rings. The van der Waals surface area contributed by atoms with Gasteiger partial charge in [0.2, 0.25) is 0 Å². The number of hydrogen-bond acceptors (Lipinski definition) is 3. The van der Waals surface area contributed by atoms with E-state index in [0.717, 1.165) is 17.0 Å². The Morgan fingerprint density at radius 2 is 2.21 bits per heavy atom. The molecule has 0 radical (unpaired) electrons. The summed E-state index contributed by atoms with van der Waals surface area (Å²) in [6.45, 7) is 3.88. The lowest BCUT2D eigenvalue weighted by molar-refractivity contribution is 0.600. The van der Waals surface area contributed by atoms with Crippen LogP contribution in [0.1, 0.15) is 29.4 Å². The molecule has 0 saturated heterocycles. The molecule has 3 heteroatoms. The van der Waals surface area contributed by atoms with Crippen LogP contribution in [0.25, 0.3) is 0 Å². The van der Waals surface area contributed by atoms with Gasteiger partial charge < -0.3 is 5.32 Å². The molecule has 0 amide bonds. The van der Waals surface area contributed by atoms with Crippen LogP contribution >= 0.6 is 0 Å². The minimum Gasteiger partial charge on any atom is -0.312 e. The number of aryl methyl sites for hydroxylation is 2. The molecule has 0 saturated carbocycles. The Kier molecular flexibility index (Phi) is 3.61. The van der Waals surface area contributed by atoms with Crippen LogP contribution in [0.15, 0.2) is 6.07 Å². The summed E-state index contributed by atoms with van der Waals surface area (Å²) in [6, 6.07) is 2.20. The van der Waals surface area contributed by atoms with Crippen LogP contribution in [-0.4, -0.2) is 17.2 Å². The molecule has 0 bridgehead atoms. The van der Waals surface area contributed by atoms with E-state index in [4.69, 9.17) is 6.42 Å². The van der Waals surface area contributed by atoms with E-state index >= 15 is 0 Å². The smallest absolute Gasteiger partial charge is 0.0648 e. The molecule has 1 unspecified atom stereocenters. The molecule has 0 spiro atoms. The maximum Gasteiger partial charge on any atom is 0.0648 e. The molecule has 1 rings (SSSR count). The predicted molar refractivity (Wildman–Crippen MR) is 56.8 cm³/mol. The normalized spacial score (nSPS) is 12.1. The van der Waals surface area contributed by atoms with Gasteiger partial charge in [-0.2, -0.15) is 10.2 Å². The third-order valence-corrected chi connectivity index (χ3v) is 2.19. The molecule has 1 aromatic heterocycles. The lowest BCUT2D eigenvalue weighted by Crippen LogP contribution is -2.18. The summed E-state index contributed by atoms with van der Waals surface area (Å²) >= 11 is 0. The summed E-state index contributed by atoms with van der Waals surface area (Å²) in [6.07, 6.45) is 5.97. The highest BCUT2D eigenvalue weighted by molar-refractivity contribution is 5.24. The van der Waals surface area contributed by atoms with Gasteiger partial charge in [-0.15, -0.1) is 12.3 Å². The molecule has 1 heterocycles. The van der Waals surface area contributed by atoms with Gasteiger partial charge in [0, 0.05) is 12.5 Å². The first kappa shape index (κ1) is 10.7. The van der Waals surface area contributed by atoms with E-state index in [0.29, 0.717) is 6.42 Å². The third kappa shape index (κ3) is 2.30. The van der Waals surface area contributed by atoms with Gasteiger partial charge in [0.05, 0.1) is 11.4 Å². The minimum atomic E-state index is 0.175. The van der Waals surface area contributed by atoms with Crippen molar-refractivity contribution < 1.29 is 0 Å². The lowest BCUT2D eigenvalue weighted by atomic mass is 10.0. The number of rotatable bonds is 3. The Morgan fingerprint density at radius 3 is 2.79 bits per heavy atom. The molecule has 0 aliphatic carbocycles. The van der Waals surface area contributed by atoms with Gasteiger partial charge in [-0.05, 0) is 32.5 Å². The zero-order valence-corrected chi connectivity index (χ0v) is 8.83. The van der Waals surface area contributed by atoms with Gasteiger partial charge in [0.25, 0.3) is 0 Å². The topological polar surface area (TPSA) is 37.8 Å². The van der Waals surface area contributed by atoms with Gasteiger partial charge in [0.1, 0.15) is 0 Å². The van der Waals surface area contributed by atoms with Gasteiger partial charge in [0.15, 0.2) is 0 Å². The Labute approximate surface area is 84.9 Å². The van der Waals surface area contributed by atoms with E-state index in [1.807, 2.05) is 27.0 Å². The first-order valence-corrected chi connectivity index (χ1v) is 4.60. The molecule has 1 atom stereocenters. The van der Waals surface area contributed by atoms with Crippen molar-refractivity contribution in [1.82, 2.24) is 15.5 Å². The molecular formula is C11H15N3. The second-order valence-electron chi connectivity index (χ2n) is 3.28. The molecule has 14 heavy (non-hydrogen) atoms. The van der Waals surface area contributed by atoms with Gasteiger partial charge in [-0.3, -0.25) is 0 Å². The van der Waals surface area contributed by atoms with Crippen LogP contribution in [0.2, 0.25) is 0 Å². The maximum atomic E-state index is 5.30. The summed E-state index contributed by atoms with van der Waals surface area (Å²) < 4.78 is 0. The van der Waals surface area contributed by atoms with Crippen LogP contribution in [0.5, 0.6) is 0 Å². The number of nitrogens with one attached hydrogen (secondary N) is 1. The predicted octanol–water partition coefficient (Wildman–Crippen LogP) is 1.38. The Hall–Kier alpha value is -1.40. The molecule has 0 aliphatic rings. The standard InChI is InChI=1S/C11H15N3/c1-5-6-11(12-4)10-7-8(2)13-14-9(10)3/h1,7,11-12H,6H2,2-4H3. The largest absolute Gasteiger partial charge is 0.312 e. The third-order valence-electron chi connectivity index (χ3n) is 2.19. The highest BCUT2D eigenvalue weighted by Crippen LogP contribution is 2.18. The van der Waals surface area contributed by atoms with E-state index in [1.54, 1.807) is 0 Å². The average molecular weight is 189 g/mol. The van der Waals surface area contributed by atoms with Crippen molar-refractivity contribution >= 4 is 0 Å². The Balaban J connectivity index is 3.03. The zero-order chi connectivity index (χ0) is 10.6. The summed E-state index contributed by atoms with van der Waals surface area (Å²) in [4.78, 5) is 0. The van der Waals surface area contributed by atoms with Crippen molar-refractivity contribution in [1.29, 1.82) is 0 Å². The fourth-order valence-corrected chi connectivity index (χ4v) is 1.41. The zero-order valence-electron chi connectivity index (χ0n) is 8.83. The van der Waals surface area contributed by atoms with E-state index in [9.17, 15) is 0 Å². The monoisotopic (exact) mass is 189 g/mol. The quantitative estimate of drug-likeness (QED) is 0.730. The van der Waals surface area contributed by atoms with Crippen molar-refractivity contribution in [2.75, 3.05) is 7.05 Å². The van der Waals surface area contributed by atoms with Crippen molar-refractivity contribution in [2.24, 2.45) is 0 Å². The van der Waals surface area contributed by atoms with Crippen molar-refractivity contribution in [2.45, 2.75) is 26.3 Å². The Bertz CT molecular complexity index is 352. The van der Waals surface area contributed by atoms with E-state index in [-0.39, 0.29) is 6.04 Å². The first-order valence-electron chi connectivity index (χ1n) is 4.60. The highest BCUT2D eigenvalue weighted by atomic mass is 15.1. The number of hydrogen-bond donors (Lipinski definition) is 1. The summed E-state index contributed by atoms with van der Waals surface area (Å²) in [7, 11) is 1.90. The fraction of sp³-hybridized carbons (Fsp3) is 0.455. The molecule has 1 N–H and O–H groups in total. The number of nitrogens with zero attached hydrogens (tertiary/aromatic N) is 2. The van der Waals surface area contributed by atoms with Crippen LogP contribution < -0.4 is 5.32 Å². The molecule has 0 aromatic carbocycles. The molecular weight excluding hydrogens is 174 g/mol. The van der Waals surface area contributed by atoms with Crippen LogP contribution in [0.3, 0.4) is 0 Å². The molecule has 0 aliphatic heterocycles. The fourth-order valence-electron chi connectivity index (χ4n) is 1.41. The lowest BCUT2D eigenvalue weighted by Gasteiger charge is -2.15. The molecule has 0 fully saturated rings. The van der Waals surface area contributed by atoms with Gasteiger partial charge in [-0.1, -0.05) is 0 Å². The number of terminal acetylenes is 1. The van der Waals surface area contributed by atoms with Crippen LogP contribution in [0.4, 0.5) is 0 Å². The minimum absolute atomic E-state index is 0.175. The van der Waals surface area contributed by atoms with Gasteiger partial charge >= 0.3 is 0 Å². The van der Waals surface area contributed by atoms with Crippen molar-refractivity contribution in [3.63, 3.8) is 0 Å². The molecule has 3 nitrogen and oxygen atoms in total. The summed E-state index contributed by atoms with van der Waals surface area (Å²) in [5.41, 5.74) is 2.99. The number of aromatic nitrogens is 2. The van der Waals surface area contributed by atoms with E-state index in [2.05, 4.69) is 21.4 Å². The average Bonchev–Trinajstić information content (AvgIpc) is 2.18. The second kappa shape index (κ2) is 4.73. The summed E-state index contributed by atoms with van der Waals surface area (Å²) in [5.74, 6) is 2.65. The van der Waals surface area contributed by atoms with Crippen molar-refractivity contribution in [3.8, 4) is 12.3 Å². The van der Waals surface area contributed by atoms with Crippen LogP contribution in [-0.2, 0) is 0 Å². The maximum absolute atomic E-state index is 5.30. The first-order chi connectivity index (χ1) is 6.69. The SMILES string of the molecule is C#CCC(NC)c1cc(C)nnc1C. The van der Waals surface area contributed by atoms with Crippen molar-refractivity contribution in [3.05, 3.63) is 23.0 Å².